The van der Waals surface area contributed by atoms with Gasteiger partial charge in [0.1, 0.15) is 0 Å². The van der Waals surface area contributed by atoms with E-state index in [1.54, 1.807) is 0 Å². The van der Waals surface area contributed by atoms with Gasteiger partial charge in [-0.2, -0.15) is 0 Å². The van der Waals surface area contributed by atoms with Crippen molar-refractivity contribution in [3.05, 3.63) is 0 Å². The molecule has 0 radical (unpaired) electrons. The minimum Gasteiger partial charge on any atom is -0.378 e. The molecule has 0 aromatic rings. The van der Waals surface area contributed by atoms with Crippen LogP contribution in [0.1, 0.15) is 41.0 Å². The van der Waals surface area contributed by atoms with Crippen LogP contribution in [0.25, 0.3) is 0 Å². The van der Waals surface area contributed by atoms with Crippen LogP contribution in [-0.2, 0) is 4.74 Å². The fourth-order valence-corrected chi connectivity index (χ4v) is 1.32. The molecule has 0 aromatic heterocycles. The highest BCUT2D eigenvalue weighted by Gasteiger charge is 2.20. The van der Waals surface area contributed by atoms with Gasteiger partial charge in [0.05, 0.1) is 12.7 Å². The molecule has 0 amide bonds. The number of ether oxygens (including phenoxy) is 1. The zero-order valence-electron chi connectivity index (χ0n) is 9.05. The third kappa shape index (κ3) is 6.62. The molecule has 2 N–H and O–H groups in total. The van der Waals surface area contributed by atoms with Crippen LogP contribution in [0.15, 0.2) is 0 Å². The van der Waals surface area contributed by atoms with Crippen LogP contribution < -0.4 is 5.73 Å². The number of hydrogen-bond donors (Lipinski definition) is 1. The zero-order chi connectivity index (χ0) is 9.78. The summed E-state index contributed by atoms with van der Waals surface area (Å²) in [4.78, 5) is 0. The zero-order valence-corrected chi connectivity index (χ0v) is 9.05. The van der Waals surface area contributed by atoms with Gasteiger partial charge in [-0.3, -0.25) is 0 Å². The average molecular weight is 173 g/mol. The fraction of sp³-hybridized carbons (Fsp3) is 1.00. The van der Waals surface area contributed by atoms with Crippen molar-refractivity contribution >= 4 is 0 Å². The van der Waals surface area contributed by atoms with Crippen molar-refractivity contribution in [2.45, 2.75) is 53.2 Å². The Kier molecular flexibility index (Phi) is 4.80. The van der Waals surface area contributed by atoms with E-state index in [0.29, 0.717) is 6.10 Å². The Hall–Kier alpha value is -0.0800. The summed E-state index contributed by atoms with van der Waals surface area (Å²) < 4.78 is 5.55. The molecule has 12 heavy (non-hydrogen) atoms. The molecule has 0 aliphatic rings. The molecule has 1 unspecified atom stereocenters. The van der Waals surface area contributed by atoms with Crippen molar-refractivity contribution in [1.29, 1.82) is 0 Å². The van der Waals surface area contributed by atoms with Crippen LogP contribution in [0.5, 0.6) is 0 Å². The molecule has 0 rings (SSSR count). The molecule has 0 aromatic carbocycles. The third-order valence-electron chi connectivity index (χ3n) is 1.68. The molecule has 2 heteroatoms. The van der Waals surface area contributed by atoms with Gasteiger partial charge in [0.25, 0.3) is 0 Å². The van der Waals surface area contributed by atoms with E-state index in [9.17, 15) is 0 Å². The summed E-state index contributed by atoms with van der Waals surface area (Å²) in [5.74, 6) is 0. The molecule has 0 spiro atoms. The highest BCUT2D eigenvalue weighted by molar-refractivity contribution is 4.72. The predicted octanol–water partition coefficient (Wildman–Crippen LogP) is 2.17. The van der Waals surface area contributed by atoms with Crippen molar-refractivity contribution < 1.29 is 4.74 Å². The van der Waals surface area contributed by atoms with E-state index >= 15 is 0 Å². The molecule has 74 valence electrons. The van der Waals surface area contributed by atoms with Crippen LogP contribution >= 0.6 is 0 Å². The summed E-state index contributed by atoms with van der Waals surface area (Å²) in [5.41, 5.74) is 5.94. The molecule has 2 nitrogen and oxygen atoms in total. The van der Waals surface area contributed by atoms with E-state index in [1.807, 2.05) is 6.92 Å². The highest BCUT2D eigenvalue weighted by atomic mass is 16.5. The quantitative estimate of drug-likeness (QED) is 0.691. The third-order valence-corrected chi connectivity index (χ3v) is 1.68. The van der Waals surface area contributed by atoms with E-state index in [4.69, 9.17) is 10.5 Å². The van der Waals surface area contributed by atoms with Crippen molar-refractivity contribution in [2.75, 3.05) is 6.61 Å². The Bertz CT molecular complexity index is 119. The fourth-order valence-electron chi connectivity index (χ4n) is 1.32. The van der Waals surface area contributed by atoms with E-state index in [1.165, 1.54) is 0 Å². The van der Waals surface area contributed by atoms with E-state index in [2.05, 4.69) is 27.7 Å². The monoisotopic (exact) mass is 173 g/mol. The van der Waals surface area contributed by atoms with Crippen molar-refractivity contribution in [3.63, 3.8) is 0 Å². The van der Waals surface area contributed by atoms with Crippen LogP contribution in [0.3, 0.4) is 0 Å². The number of hydrogen-bond acceptors (Lipinski definition) is 2. The van der Waals surface area contributed by atoms with E-state index < -0.39 is 0 Å². The van der Waals surface area contributed by atoms with Gasteiger partial charge in [-0.15, -0.1) is 0 Å². The molecule has 0 fully saturated rings. The average Bonchev–Trinajstić information content (AvgIpc) is 1.81. The summed E-state index contributed by atoms with van der Waals surface area (Å²) in [5, 5.41) is 0. The summed E-state index contributed by atoms with van der Waals surface area (Å²) in [7, 11) is 0. The lowest BCUT2D eigenvalue weighted by Gasteiger charge is -2.27. The molecule has 0 saturated carbocycles. The van der Waals surface area contributed by atoms with Crippen molar-refractivity contribution in [2.24, 2.45) is 11.1 Å². The summed E-state index contributed by atoms with van der Waals surface area (Å²) >= 11 is 0. The van der Waals surface area contributed by atoms with Gasteiger partial charge >= 0.3 is 0 Å². The number of rotatable bonds is 5. The summed E-state index contributed by atoms with van der Waals surface area (Å²) in [6.07, 6.45) is 1.33. The van der Waals surface area contributed by atoms with Gasteiger partial charge in [0, 0.05) is 6.04 Å². The maximum atomic E-state index is 5.73. The maximum Gasteiger partial charge on any atom is 0.0521 e. The molecule has 0 saturated heterocycles. The van der Waals surface area contributed by atoms with E-state index in [0.717, 1.165) is 13.0 Å². The smallest absolute Gasteiger partial charge is 0.0521 e. The Balaban J connectivity index is 3.71. The molecule has 1 atom stereocenters. The first kappa shape index (κ1) is 11.9. The lowest BCUT2D eigenvalue weighted by atomic mass is 9.87. The Morgan fingerprint density at radius 1 is 1.25 bits per heavy atom. The topological polar surface area (TPSA) is 35.2 Å². The summed E-state index contributed by atoms with van der Waals surface area (Å²) in [6, 6.07) is 0.260. The minimum absolute atomic E-state index is 0.207. The first-order chi connectivity index (χ1) is 5.33. The lowest BCUT2D eigenvalue weighted by molar-refractivity contribution is 0.0163. The first-order valence-electron chi connectivity index (χ1n) is 4.71. The Morgan fingerprint density at radius 2 is 1.75 bits per heavy atom. The van der Waals surface area contributed by atoms with Gasteiger partial charge in [-0.05, 0) is 32.6 Å². The normalized spacial score (nSPS) is 15.2. The first-order valence-corrected chi connectivity index (χ1v) is 4.71. The van der Waals surface area contributed by atoms with Crippen LogP contribution in [-0.4, -0.2) is 18.8 Å². The predicted molar refractivity (Wildman–Crippen MR) is 53.1 cm³/mol. The number of nitrogens with two attached hydrogens (primary N) is 1. The maximum absolute atomic E-state index is 5.73. The van der Waals surface area contributed by atoms with Gasteiger partial charge in [-0.25, -0.2) is 0 Å². The highest BCUT2D eigenvalue weighted by Crippen LogP contribution is 2.22. The second-order valence-electron chi connectivity index (χ2n) is 4.71. The van der Waals surface area contributed by atoms with Crippen LogP contribution in [0, 0.1) is 5.41 Å². The molecule has 0 bridgehead atoms. The summed E-state index contributed by atoms with van der Waals surface area (Å²) in [6.45, 7) is 11.3. The standard InChI is InChI=1S/C10H23NO/c1-8(2)12-7-10(4,5)6-9(3)11/h8-9H,6-7,11H2,1-5H3. The van der Waals surface area contributed by atoms with E-state index in [-0.39, 0.29) is 11.5 Å². The molecule has 0 heterocycles. The Labute approximate surface area is 76.5 Å². The van der Waals surface area contributed by atoms with Crippen LogP contribution in [0.4, 0.5) is 0 Å². The van der Waals surface area contributed by atoms with Crippen molar-refractivity contribution in [3.8, 4) is 0 Å². The molecular formula is C10H23NO. The molecule has 0 aliphatic heterocycles. The van der Waals surface area contributed by atoms with Gasteiger partial charge < -0.3 is 10.5 Å². The second kappa shape index (κ2) is 4.83. The lowest BCUT2D eigenvalue weighted by Crippen LogP contribution is -2.29. The van der Waals surface area contributed by atoms with Gasteiger partial charge in [0.15, 0.2) is 0 Å². The minimum atomic E-state index is 0.207. The Morgan fingerprint density at radius 3 is 2.08 bits per heavy atom. The molecule has 0 aliphatic carbocycles. The second-order valence-corrected chi connectivity index (χ2v) is 4.71. The van der Waals surface area contributed by atoms with Crippen LogP contribution in [0.2, 0.25) is 0 Å². The van der Waals surface area contributed by atoms with Crippen molar-refractivity contribution in [1.82, 2.24) is 0 Å². The SMILES string of the molecule is CC(N)CC(C)(C)COC(C)C. The van der Waals surface area contributed by atoms with Gasteiger partial charge in [-0.1, -0.05) is 13.8 Å². The molecular weight excluding hydrogens is 150 g/mol. The van der Waals surface area contributed by atoms with Gasteiger partial charge in [0.2, 0.25) is 0 Å². The largest absolute Gasteiger partial charge is 0.378 e.